The maximum Gasteiger partial charge on any atom is 0.238 e. The summed E-state index contributed by atoms with van der Waals surface area (Å²) in [6, 6.07) is 61.4. The summed E-state index contributed by atoms with van der Waals surface area (Å²) in [4.78, 5) is 22.5. The van der Waals surface area contributed by atoms with E-state index in [4.69, 9.17) is 19.9 Å². The Morgan fingerprint density at radius 3 is 1.80 bits per heavy atom. The Bertz CT molecular complexity index is 2970. The second-order valence-corrected chi connectivity index (χ2v) is 13.5. The summed E-state index contributed by atoms with van der Waals surface area (Å²) in [6.07, 6.45) is 1.85. The van der Waals surface area contributed by atoms with Gasteiger partial charge in [-0.1, -0.05) is 121 Å². The van der Waals surface area contributed by atoms with Gasteiger partial charge in [-0.25, -0.2) is 4.98 Å². The normalized spacial score (nSPS) is 12.0. The zero-order valence-corrected chi connectivity index (χ0v) is 29.0. The molecule has 1 aliphatic heterocycles. The van der Waals surface area contributed by atoms with Crippen LogP contribution in [0.4, 0.5) is 17.3 Å². The standard InChI is InChI=1S/C48H30N6/c1-4-14-32(15-5-1)46-50-47(33-16-6-2-7-17-33)52-48(51-46)54-42-24-13-19-31-18-12-22-36(45(31)42)38-29-39-37-28-34(40-23-10-11-27-49-40)25-26-41(37)53(43(39)30-44(38)54)35-20-8-3-9-21-35/h1-30H. The van der Waals surface area contributed by atoms with Crippen LogP contribution in [0.5, 0.6) is 0 Å². The average Bonchev–Trinajstić information content (AvgIpc) is 3.57. The molecule has 6 nitrogen and oxygen atoms in total. The first-order chi connectivity index (χ1) is 26.8. The highest BCUT2D eigenvalue weighted by Crippen LogP contribution is 2.52. The molecule has 1 aliphatic rings. The van der Waals surface area contributed by atoms with Gasteiger partial charge in [0.05, 0.1) is 28.1 Å². The third kappa shape index (κ3) is 4.74. The predicted octanol–water partition coefficient (Wildman–Crippen LogP) is 12.0. The van der Waals surface area contributed by atoms with Crippen LogP contribution >= 0.6 is 0 Å². The maximum atomic E-state index is 5.25. The Hall–Kier alpha value is -7.44. The molecule has 0 saturated carbocycles. The van der Waals surface area contributed by atoms with Crippen molar-refractivity contribution in [3.8, 4) is 50.8 Å². The number of para-hydroxylation sites is 1. The van der Waals surface area contributed by atoms with Crippen LogP contribution in [0, 0.1) is 0 Å². The lowest BCUT2D eigenvalue weighted by molar-refractivity contribution is 1.02. The van der Waals surface area contributed by atoms with E-state index in [0.29, 0.717) is 17.6 Å². The number of fused-ring (bicyclic) bond motifs is 5. The van der Waals surface area contributed by atoms with Gasteiger partial charge in [-0.15, -0.1) is 0 Å². The van der Waals surface area contributed by atoms with Crippen molar-refractivity contribution in [2.24, 2.45) is 0 Å². The van der Waals surface area contributed by atoms with E-state index in [1.165, 1.54) is 5.56 Å². The second kappa shape index (κ2) is 12.1. The van der Waals surface area contributed by atoms with E-state index < -0.39 is 0 Å². The third-order valence-electron chi connectivity index (χ3n) is 10.4. The van der Waals surface area contributed by atoms with Crippen LogP contribution in [0.1, 0.15) is 0 Å². The number of hydrogen-bond acceptors (Lipinski definition) is 5. The molecule has 252 valence electrons. The maximum absolute atomic E-state index is 5.25. The molecule has 0 atom stereocenters. The number of anilines is 3. The summed E-state index contributed by atoms with van der Waals surface area (Å²) in [5.74, 6) is 1.80. The first kappa shape index (κ1) is 30.2. The number of aromatic nitrogens is 5. The van der Waals surface area contributed by atoms with Crippen molar-refractivity contribution in [3.05, 3.63) is 182 Å². The Kier molecular flexibility index (Phi) is 6.75. The van der Waals surface area contributed by atoms with E-state index in [1.807, 2.05) is 54.7 Å². The van der Waals surface area contributed by atoms with E-state index in [2.05, 4.69) is 137 Å². The van der Waals surface area contributed by atoms with Gasteiger partial charge in [0.2, 0.25) is 5.95 Å². The fourth-order valence-electron chi connectivity index (χ4n) is 7.98. The Labute approximate surface area is 311 Å². The number of rotatable bonds is 5. The van der Waals surface area contributed by atoms with Crippen molar-refractivity contribution in [2.45, 2.75) is 0 Å². The first-order valence-electron chi connectivity index (χ1n) is 18.1. The molecule has 11 rings (SSSR count). The molecule has 0 fully saturated rings. The highest BCUT2D eigenvalue weighted by molar-refractivity contribution is 6.19. The van der Waals surface area contributed by atoms with Crippen molar-refractivity contribution in [1.29, 1.82) is 0 Å². The molecule has 0 unspecified atom stereocenters. The number of benzene rings is 7. The van der Waals surface area contributed by atoms with Crippen LogP contribution < -0.4 is 4.90 Å². The second-order valence-electron chi connectivity index (χ2n) is 13.5. The van der Waals surface area contributed by atoms with Gasteiger partial charge in [0.25, 0.3) is 0 Å². The summed E-state index contributed by atoms with van der Waals surface area (Å²) < 4.78 is 2.37. The number of hydrogen-bond donors (Lipinski definition) is 0. The van der Waals surface area contributed by atoms with Crippen molar-refractivity contribution in [2.75, 3.05) is 4.90 Å². The molecule has 0 N–H and O–H groups in total. The fourth-order valence-corrected chi connectivity index (χ4v) is 7.98. The van der Waals surface area contributed by atoms with Crippen LogP contribution in [-0.2, 0) is 0 Å². The van der Waals surface area contributed by atoms with Crippen molar-refractivity contribution in [1.82, 2.24) is 24.5 Å². The van der Waals surface area contributed by atoms with Crippen LogP contribution in [0.25, 0.3) is 83.4 Å². The summed E-state index contributed by atoms with van der Waals surface area (Å²) in [5, 5.41) is 4.64. The van der Waals surface area contributed by atoms with Crippen molar-refractivity contribution >= 4 is 49.9 Å². The van der Waals surface area contributed by atoms with Gasteiger partial charge in [0.1, 0.15) is 0 Å². The molecule has 0 amide bonds. The van der Waals surface area contributed by atoms with Gasteiger partial charge < -0.3 is 4.57 Å². The minimum Gasteiger partial charge on any atom is -0.309 e. The predicted molar refractivity (Wildman–Crippen MR) is 219 cm³/mol. The molecule has 10 aromatic rings. The van der Waals surface area contributed by atoms with Crippen LogP contribution in [0.3, 0.4) is 0 Å². The van der Waals surface area contributed by atoms with Gasteiger partial charge in [-0.3, -0.25) is 9.88 Å². The van der Waals surface area contributed by atoms with Crippen LogP contribution in [0.2, 0.25) is 0 Å². The SMILES string of the molecule is c1ccc(-c2nc(-c3ccccc3)nc(N3c4cc5c(cc4-c4cccc6cccc3c46)c3cc(-c4ccccn4)ccc3n5-c3ccccc3)n2)cc1. The van der Waals surface area contributed by atoms with Gasteiger partial charge in [0.15, 0.2) is 11.6 Å². The summed E-state index contributed by atoms with van der Waals surface area (Å²) in [6.45, 7) is 0. The molecule has 4 heterocycles. The summed E-state index contributed by atoms with van der Waals surface area (Å²) >= 11 is 0. The molecular weight excluding hydrogens is 661 g/mol. The summed E-state index contributed by atoms with van der Waals surface area (Å²) in [7, 11) is 0. The average molecular weight is 691 g/mol. The minimum absolute atomic E-state index is 0.560. The Balaban J connectivity index is 1.25. The smallest absolute Gasteiger partial charge is 0.238 e. The quantitative estimate of drug-likeness (QED) is 0.180. The minimum atomic E-state index is 0.560. The van der Waals surface area contributed by atoms with Gasteiger partial charge in [-0.05, 0) is 65.5 Å². The van der Waals surface area contributed by atoms with Crippen LogP contribution in [-0.4, -0.2) is 24.5 Å². The first-order valence-corrected chi connectivity index (χ1v) is 18.1. The fraction of sp³-hybridized carbons (Fsp3) is 0. The Morgan fingerprint density at radius 2 is 1.09 bits per heavy atom. The lowest BCUT2D eigenvalue weighted by Gasteiger charge is -2.32. The largest absolute Gasteiger partial charge is 0.309 e. The molecule has 0 spiro atoms. The number of pyridine rings is 1. The molecule has 0 aliphatic carbocycles. The topological polar surface area (TPSA) is 59.7 Å². The molecular formula is C48H30N6. The monoisotopic (exact) mass is 690 g/mol. The van der Waals surface area contributed by atoms with Gasteiger partial charge in [-0.2, -0.15) is 9.97 Å². The molecule has 0 saturated heterocycles. The van der Waals surface area contributed by atoms with Gasteiger partial charge >= 0.3 is 0 Å². The summed E-state index contributed by atoms with van der Waals surface area (Å²) in [5.41, 5.74) is 11.5. The van der Waals surface area contributed by atoms with E-state index in [0.717, 1.165) is 77.6 Å². The Morgan fingerprint density at radius 1 is 0.426 bits per heavy atom. The van der Waals surface area contributed by atoms with Crippen molar-refractivity contribution < 1.29 is 0 Å². The molecule has 0 radical (unpaired) electrons. The molecule has 6 heteroatoms. The van der Waals surface area contributed by atoms with E-state index in [1.54, 1.807) is 0 Å². The molecule has 54 heavy (non-hydrogen) atoms. The zero-order chi connectivity index (χ0) is 35.6. The van der Waals surface area contributed by atoms with E-state index in [9.17, 15) is 0 Å². The number of nitrogens with zero attached hydrogens (tertiary/aromatic N) is 6. The van der Waals surface area contributed by atoms with E-state index >= 15 is 0 Å². The third-order valence-corrected chi connectivity index (χ3v) is 10.4. The van der Waals surface area contributed by atoms with Crippen molar-refractivity contribution in [3.63, 3.8) is 0 Å². The molecule has 3 aromatic heterocycles. The van der Waals surface area contributed by atoms with Gasteiger partial charge in [0, 0.05) is 50.3 Å². The van der Waals surface area contributed by atoms with Crippen LogP contribution in [0.15, 0.2) is 182 Å². The molecule has 7 aromatic carbocycles. The lowest BCUT2D eigenvalue weighted by atomic mass is 9.90. The molecule has 0 bridgehead atoms. The highest BCUT2D eigenvalue weighted by Gasteiger charge is 2.30. The lowest BCUT2D eigenvalue weighted by Crippen LogP contribution is -2.19. The zero-order valence-electron chi connectivity index (χ0n) is 29.0. The van der Waals surface area contributed by atoms with E-state index in [-0.39, 0.29) is 0 Å². The highest BCUT2D eigenvalue weighted by atomic mass is 15.3.